The highest BCUT2D eigenvalue weighted by atomic mass is 19.1. The van der Waals surface area contributed by atoms with E-state index in [1.54, 1.807) is 12.1 Å². The van der Waals surface area contributed by atoms with Crippen LogP contribution in [0.3, 0.4) is 0 Å². The summed E-state index contributed by atoms with van der Waals surface area (Å²) in [5, 5.41) is 8.73. The van der Waals surface area contributed by atoms with Crippen LogP contribution >= 0.6 is 0 Å². The minimum atomic E-state index is -0.245. The smallest absolute Gasteiger partial charge is 0.165 e. The molecule has 4 saturated carbocycles. The fraction of sp³-hybridized carbons (Fsp3) is 0.500. The van der Waals surface area contributed by atoms with E-state index in [0.717, 1.165) is 46.6 Å². The number of rotatable bonds is 6. The minimum absolute atomic E-state index is 0.245. The average Bonchev–Trinajstić information content (AvgIpc) is 3.23. The number of nitrogens with zero attached hydrogens (tertiary/aromatic N) is 3. The molecule has 4 nitrogen and oxygen atoms in total. The number of aromatic nitrogens is 3. The van der Waals surface area contributed by atoms with E-state index >= 15 is 0 Å². The largest absolute Gasteiger partial charge is 0.306 e. The zero-order chi connectivity index (χ0) is 22.5. The van der Waals surface area contributed by atoms with Crippen molar-refractivity contribution in [3.63, 3.8) is 0 Å². The normalized spacial score (nSPS) is 28.1. The molecule has 4 fully saturated rings. The van der Waals surface area contributed by atoms with Crippen LogP contribution in [0.25, 0.3) is 17.1 Å². The zero-order valence-electron chi connectivity index (χ0n) is 19.5. The van der Waals surface area contributed by atoms with Gasteiger partial charge in [0.15, 0.2) is 11.6 Å². The number of hydrogen-bond donors (Lipinski definition) is 1. The summed E-state index contributed by atoms with van der Waals surface area (Å²) in [6.07, 6.45) is 7.07. The first-order chi connectivity index (χ1) is 16.0. The van der Waals surface area contributed by atoms with Crippen molar-refractivity contribution in [3.8, 4) is 17.1 Å². The van der Waals surface area contributed by atoms with Crippen molar-refractivity contribution in [1.29, 1.82) is 0 Å². The van der Waals surface area contributed by atoms with Crippen LogP contribution in [0, 0.1) is 29.5 Å². The Bertz CT molecular complexity index is 1090. The first kappa shape index (κ1) is 21.0. The maximum atomic E-state index is 13.6. The number of benzene rings is 2. The molecule has 4 bridgehead atoms. The fourth-order valence-electron chi connectivity index (χ4n) is 6.86. The molecule has 1 aromatic heterocycles. The van der Waals surface area contributed by atoms with Crippen LogP contribution in [-0.2, 0) is 6.54 Å². The van der Waals surface area contributed by atoms with Crippen LogP contribution in [0.15, 0.2) is 48.5 Å². The molecule has 0 unspecified atom stereocenters. The van der Waals surface area contributed by atoms with Gasteiger partial charge in [-0.1, -0.05) is 38.1 Å². The summed E-state index contributed by atoms with van der Waals surface area (Å²) in [4.78, 5) is 4.95. The maximum Gasteiger partial charge on any atom is 0.165 e. The molecule has 0 spiro atoms. The molecule has 0 aliphatic heterocycles. The van der Waals surface area contributed by atoms with Crippen LogP contribution in [0.1, 0.15) is 63.3 Å². The van der Waals surface area contributed by atoms with E-state index in [4.69, 9.17) is 10.1 Å². The molecule has 1 N–H and O–H groups in total. The van der Waals surface area contributed by atoms with Crippen LogP contribution in [-0.4, -0.2) is 20.8 Å². The van der Waals surface area contributed by atoms with Gasteiger partial charge in [0.25, 0.3) is 0 Å². The zero-order valence-corrected chi connectivity index (χ0v) is 19.5. The Balaban J connectivity index is 1.28. The maximum absolute atomic E-state index is 13.6. The summed E-state index contributed by atoms with van der Waals surface area (Å²) in [5.74, 6) is 5.44. The second-order valence-corrected chi connectivity index (χ2v) is 10.9. The summed E-state index contributed by atoms with van der Waals surface area (Å²) < 4.78 is 15.4. The highest BCUT2D eigenvalue weighted by Crippen LogP contribution is 2.53. The van der Waals surface area contributed by atoms with Crippen molar-refractivity contribution in [2.45, 2.75) is 64.5 Å². The summed E-state index contributed by atoms with van der Waals surface area (Å²) in [6.45, 7) is 5.08. The molecule has 172 valence electrons. The van der Waals surface area contributed by atoms with E-state index in [9.17, 15) is 4.39 Å². The van der Waals surface area contributed by atoms with Gasteiger partial charge in [-0.3, -0.25) is 0 Å². The average molecular weight is 445 g/mol. The first-order valence-electron chi connectivity index (χ1n) is 12.6. The molecular formula is C28H33FN4. The highest BCUT2D eigenvalue weighted by Gasteiger charge is 2.47. The third kappa shape index (κ3) is 4.01. The molecule has 4 aliphatic carbocycles. The van der Waals surface area contributed by atoms with Crippen molar-refractivity contribution < 1.29 is 4.39 Å². The minimum Gasteiger partial charge on any atom is -0.306 e. The molecule has 1 heterocycles. The Labute approximate surface area is 195 Å². The molecule has 4 aliphatic rings. The van der Waals surface area contributed by atoms with Gasteiger partial charge < -0.3 is 5.32 Å². The van der Waals surface area contributed by atoms with Crippen molar-refractivity contribution in [3.05, 3.63) is 65.7 Å². The molecular weight excluding hydrogens is 411 g/mol. The second-order valence-electron chi connectivity index (χ2n) is 10.9. The van der Waals surface area contributed by atoms with E-state index in [1.807, 2.05) is 4.68 Å². The van der Waals surface area contributed by atoms with Crippen molar-refractivity contribution >= 4 is 0 Å². The lowest BCUT2D eigenvalue weighted by Crippen LogP contribution is -2.54. The topological polar surface area (TPSA) is 42.7 Å². The molecule has 33 heavy (non-hydrogen) atoms. The van der Waals surface area contributed by atoms with Gasteiger partial charge in [0, 0.05) is 11.6 Å². The van der Waals surface area contributed by atoms with Gasteiger partial charge >= 0.3 is 0 Å². The Hall–Kier alpha value is -2.53. The molecule has 0 atom stereocenters. The van der Waals surface area contributed by atoms with Gasteiger partial charge in [0.2, 0.25) is 0 Å². The van der Waals surface area contributed by atoms with Crippen molar-refractivity contribution in [1.82, 2.24) is 20.1 Å². The van der Waals surface area contributed by atoms with E-state index in [2.05, 4.69) is 43.4 Å². The molecule has 7 rings (SSSR count). The summed E-state index contributed by atoms with van der Waals surface area (Å²) in [6, 6.07) is 15.7. The van der Waals surface area contributed by atoms with Crippen LogP contribution in [0.2, 0.25) is 0 Å². The van der Waals surface area contributed by atoms with Gasteiger partial charge in [-0.15, -0.1) is 5.10 Å². The molecule has 0 saturated heterocycles. The molecule has 0 amide bonds. The molecule has 3 aromatic rings. The molecule has 0 radical (unpaired) electrons. The fourth-order valence-corrected chi connectivity index (χ4v) is 6.86. The van der Waals surface area contributed by atoms with Crippen molar-refractivity contribution in [2.24, 2.45) is 23.7 Å². The van der Waals surface area contributed by atoms with Crippen molar-refractivity contribution in [2.75, 3.05) is 0 Å². The van der Waals surface area contributed by atoms with E-state index in [-0.39, 0.29) is 5.82 Å². The summed E-state index contributed by atoms with van der Waals surface area (Å²) in [5.41, 5.74) is 3.15. The Morgan fingerprint density at radius 1 is 0.909 bits per heavy atom. The van der Waals surface area contributed by atoms with Crippen LogP contribution in [0.4, 0.5) is 4.39 Å². The van der Waals surface area contributed by atoms with Crippen LogP contribution in [0.5, 0.6) is 0 Å². The number of hydrogen-bond acceptors (Lipinski definition) is 3. The predicted octanol–water partition coefficient (Wildman–Crippen LogP) is 6.11. The Kier molecular flexibility index (Phi) is 5.33. The number of nitrogens with one attached hydrogen (secondary N) is 1. The second kappa shape index (κ2) is 8.35. The van der Waals surface area contributed by atoms with Gasteiger partial charge in [-0.2, -0.15) is 0 Å². The van der Waals surface area contributed by atoms with E-state index in [0.29, 0.717) is 18.5 Å². The lowest BCUT2D eigenvalue weighted by atomic mass is 9.54. The third-order valence-electron chi connectivity index (χ3n) is 8.28. The molecule has 5 heteroatoms. The standard InChI is InChI=1S/C28H33FN4/c1-17(2)20-3-5-21(6-4-20)28-31-26(32-33(28)25-9-7-24(29)8-10-25)16-30-27-22-12-18-11-19(14-22)15-23(27)13-18/h3-10,17-19,22-23,27,30H,11-16H2,1-2H3. The summed E-state index contributed by atoms with van der Waals surface area (Å²) >= 11 is 0. The lowest BCUT2D eigenvalue weighted by Gasteiger charge is -2.54. The van der Waals surface area contributed by atoms with Gasteiger partial charge in [0.05, 0.1) is 12.2 Å². The monoisotopic (exact) mass is 444 g/mol. The van der Waals surface area contributed by atoms with Crippen LogP contribution < -0.4 is 5.32 Å². The predicted molar refractivity (Wildman–Crippen MR) is 129 cm³/mol. The van der Waals surface area contributed by atoms with Gasteiger partial charge in [-0.05, 0) is 91.5 Å². The van der Waals surface area contributed by atoms with Gasteiger partial charge in [0.1, 0.15) is 5.82 Å². The first-order valence-corrected chi connectivity index (χ1v) is 12.6. The van der Waals surface area contributed by atoms with E-state index in [1.165, 1.54) is 49.8 Å². The number of halogens is 1. The SMILES string of the molecule is CC(C)c1ccc(-c2nc(CNC3C4CC5CC(C4)CC3C5)nn2-c2ccc(F)cc2)cc1. The Morgan fingerprint density at radius 3 is 2.15 bits per heavy atom. The Morgan fingerprint density at radius 2 is 1.55 bits per heavy atom. The third-order valence-corrected chi connectivity index (χ3v) is 8.28. The highest BCUT2D eigenvalue weighted by molar-refractivity contribution is 5.58. The molecule has 2 aromatic carbocycles. The lowest BCUT2D eigenvalue weighted by molar-refractivity contribution is -0.0144. The summed E-state index contributed by atoms with van der Waals surface area (Å²) in [7, 11) is 0. The van der Waals surface area contributed by atoms with Gasteiger partial charge in [-0.25, -0.2) is 14.1 Å². The van der Waals surface area contributed by atoms with E-state index < -0.39 is 0 Å². The quantitative estimate of drug-likeness (QED) is 0.499.